The molecular formula is C19H24N2O4. The number of nitrogens with zero attached hydrogens (tertiary/aromatic N) is 2. The Labute approximate surface area is 147 Å². The van der Waals surface area contributed by atoms with Crippen LogP contribution < -0.4 is 5.01 Å². The van der Waals surface area contributed by atoms with Crippen molar-refractivity contribution in [2.24, 2.45) is 5.10 Å². The summed E-state index contributed by atoms with van der Waals surface area (Å²) in [6, 6.07) is 8.96. The fourth-order valence-corrected chi connectivity index (χ4v) is 3.37. The predicted octanol–water partition coefficient (Wildman–Crippen LogP) is 2.71. The van der Waals surface area contributed by atoms with Crippen molar-refractivity contribution in [3.05, 3.63) is 30.3 Å². The molecule has 0 unspecified atom stereocenters. The highest BCUT2D eigenvalue weighted by Crippen LogP contribution is 2.27. The van der Waals surface area contributed by atoms with Gasteiger partial charge in [-0.2, -0.15) is 5.10 Å². The first kappa shape index (κ1) is 17.6. The van der Waals surface area contributed by atoms with E-state index in [9.17, 15) is 9.59 Å². The van der Waals surface area contributed by atoms with E-state index in [1.54, 1.807) is 12.1 Å². The zero-order chi connectivity index (χ0) is 17.8. The molecule has 1 aliphatic heterocycles. The molecule has 0 aromatic heterocycles. The molecule has 134 valence electrons. The number of ether oxygens (including phenoxy) is 2. The van der Waals surface area contributed by atoms with Crippen LogP contribution in [-0.4, -0.2) is 42.8 Å². The Kier molecular flexibility index (Phi) is 5.48. The van der Waals surface area contributed by atoms with Crippen molar-refractivity contribution in [1.82, 2.24) is 0 Å². The van der Waals surface area contributed by atoms with Crippen molar-refractivity contribution in [2.75, 3.05) is 12.1 Å². The van der Waals surface area contributed by atoms with Crippen LogP contribution in [0.15, 0.2) is 35.4 Å². The van der Waals surface area contributed by atoms with Gasteiger partial charge in [0.05, 0.1) is 11.8 Å². The Morgan fingerprint density at radius 2 is 1.72 bits per heavy atom. The number of ketones is 1. The minimum Gasteiger partial charge on any atom is -0.458 e. The van der Waals surface area contributed by atoms with Crippen LogP contribution in [0.2, 0.25) is 0 Å². The largest absolute Gasteiger partial charge is 0.458 e. The minimum atomic E-state index is -0.450. The summed E-state index contributed by atoms with van der Waals surface area (Å²) in [5.41, 5.74) is 1.11. The standard InChI is InChI=1S/C19H24N2O4/c1-13(22)18-12-17(20-21(18)14-6-4-3-5-7-14)19(23)25-16-10-8-15(24-2)9-11-16/h3-7,15-16,18H,8-12H2,1-2H3/t15?,16?,18-/m0/s1. The fourth-order valence-electron chi connectivity index (χ4n) is 3.37. The third-order valence-electron chi connectivity index (χ3n) is 4.86. The molecule has 1 aromatic rings. The van der Waals surface area contributed by atoms with E-state index in [2.05, 4.69) is 5.10 Å². The van der Waals surface area contributed by atoms with Gasteiger partial charge in [-0.1, -0.05) is 18.2 Å². The molecule has 1 fully saturated rings. The minimum absolute atomic E-state index is 0.0176. The average Bonchev–Trinajstić information content (AvgIpc) is 3.09. The van der Waals surface area contributed by atoms with Gasteiger partial charge in [-0.15, -0.1) is 0 Å². The Hall–Kier alpha value is -2.21. The highest BCUT2D eigenvalue weighted by atomic mass is 16.5. The van der Waals surface area contributed by atoms with E-state index < -0.39 is 12.0 Å². The first-order valence-corrected chi connectivity index (χ1v) is 8.74. The molecule has 2 aliphatic rings. The van der Waals surface area contributed by atoms with Crippen molar-refractivity contribution in [3.8, 4) is 0 Å². The second-order valence-electron chi connectivity index (χ2n) is 6.60. The van der Waals surface area contributed by atoms with Gasteiger partial charge in [0.2, 0.25) is 0 Å². The molecular weight excluding hydrogens is 320 g/mol. The SMILES string of the molecule is COC1CCC(OC(=O)C2=NN(c3ccccc3)[C@H](C(C)=O)C2)CC1. The van der Waals surface area contributed by atoms with Crippen molar-refractivity contribution >= 4 is 23.2 Å². The lowest BCUT2D eigenvalue weighted by molar-refractivity contribution is -0.143. The summed E-state index contributed by atoms with van der Waals surface area (Å²) < 4.78 is 11.0. The molecule has 0 N–H and O–H groups in total. The Bertz CT molecular complexity index is 651. The smallest absolute Gasteiger partial charge is 0.354 e. The number of anilines is 1. The van der Waals surface area contributed by atoms with E-state index in [4.69, 9.17) is 9.47 Å². The van der Waals surface area contributed by atoms with Gasteiger partial charge in [0.15, 0.2) is 5.78 Å². The first-order valence-electron chi connectivity index (χ1n) is 8.74. The van der Waals surface area contributed by atoms with Crippen LogP contribution in [0.5, 0.6) is 0 Å². The van der Waals surface area contributed by atoms with Crippen molar-refractivity contribution in [3.63, 3.8) is 0 Å². The molecule has 1 atom stereocenters. The molecule has 3 rings (SSSR count). The zero-order valence-corrected chi connectivity index (χ0v) is 14.7. The number of esters is 1. The van der Waals surface area contributed by atoms with E-state index in [1.807, 2.05) is 30.3 Å². The molecule has 0 bridgehead atoms. The van der Waals surface area contributed by atoms with Gasteiger partial charge in [-0.3, -0.25) is 9.80 Å². The number of Topliss-reactive ketones (excluding diaryl/α,β-unsaturated/α-hetero) is 1. The van der Waals surface area contributed by atoms with Gasteiger partial charge in [0.25, 0.3) is 0 Å². The summed E-state index contributed by atoms with van der Waals surface area (Å²) in [5.74, 6) is -0.429. The molecule has 0 amide bonds. The van der Waals surface area contributed by atoms with Crippen LogP contribution in [0.3, 0.4) is 0 Å². The molecule has 0 spiro atoms. The summed E-state index contributed by atoms with van der Waals surface area (Å²) in [7, 11) is 1.71. The highest BCUT2D eigenvalue weighted by Gasteiger charge is 2.36. The monoisotopic (exact) mass is 344 g/mol. The third kappa shape index (κ3) is 4.07. The van der Waals surface area contributed by atoms with Gasteiger partial charge in [0.1, 0.15) is 17.9 Å². The molecule has 1 aromatic carbocycles. The third-order valence-corrected chi connectivity index (χ3v) is 4.86. The maximum Gasteiger partial charge on any atom is 0.354 e. The first-order chi connectivity index (χ1) is 12.1. The van der Waals surface area contributed by atoms with Gasteiger partial charge in [-0.05, 0) is 44.7 Å². The molecule has 1 heterocycles. The number of carbonyl (C=O) groups excluding carboxylic acids is 2. The Morgan fingerprint density at radius 3 is 2.32 bits per heavy atom. The van der Waals surface area contributed by atoms with Gasteiger partial charge in [-0.25, -0.2) is 4.79 Å². The fraction of sp³-hybridized carbons (Fsp3) is 0.526. The van der Waals surface area contributed by atoms with Crippen LogP contribution in [0.4, 0.5) is 5.69 Å². The van der Waals surface area contributed by atoms with E-state index in [0.717, 1.165) is 31.4 Å². The summed E-state index contributed by atoms with van der Waals surface area (Å²) in [4.78, 5) is 24.5. The molecule has 1 saturated carbocycles. The molecule has 6 nitrogen and oxygen atoms in total. The quantitative estimate of drug-likeness (QED) is 0.768. The second-order valence-corrected chi connectivity index (χ2v) is 6.60. The summed E-state index contributed by atoms with van der Waals surface area (Å²) >= 11 is 0. The lowest BCUT2D eigenvalue weighted by atomic mass is 9.95. The molecule has 1 aliphatic carbocycles. The number of hydrogen-bond acceptors (Lipinski definition) is 6. The number of hydrogen-bond donors (Lipinski definition) is 0. The van der Waals surface area contributed by atoms with Crippen LogP contribution in [0.25, 0.3) is 0 Å². The maximum absolute atomic E-state index is 12.5. The molecule has 25 heavy (non-hydrogen) atoms. The van der Waals surface area contributed by atoms with E-state index in [0.29, 0.717) is 5.71 Å². The van der Waals surface area contributed by atoms with Crippen molar-refractivity contribution in [2.45, 2.75) is 57.3 Å². The normalized spacial score (nSPS) is 26.2. The number of rotatable bonds is 5. The van der Waals surface area contributed by atoms with E-state index in [1.165, 1.54) is 6.92 Å². The average molecular weight is 344 g/mol. The molecule has 0 radical (unpaired) electrons. The number of para-hydroxylation sites is 1. The number of methoxy groups -OCH3 is 1. The van der Waals surface area contributed by atoms with Gasteiger partial charge >= 0.3 is 5.97 Å². The van der Waals surface area contributed by atoms with E-state index >= 15 is 0 Å². The maximum atomic E-state index is 12.5. The number of hydrazone groups is 1. The highest BCUT2D eigenvalue weighted by molar-refractivity contribution is 6.38. The number of carbonyl (C=O) groups is 2. The lowest BCUT2D eigenvalue weighted by Gasteiger charge is -2.27. The second kappa shape index (κ2) is 7.78. The van der Waals surface area contributed by atoms with Gasteiger partial charge < -0.3 is 9.47 Å². The van der Waals surface area contributed by atoms with Crippen LogP contribution in [0.1, 0.15) is 39.0 Å². The topological polar surface area (TPSA) is 68.2 Å². The Balaban J connectivity index is 1.67. The van der Waals surface area contributed by atoms with Gasteiger partial charge in [0, 0.05) is 13.5 Å². The Morgan fingerprint density at radius 1 is 1.08 bits per heavy atom. The number of benzene rings is 1. The van der Waals surface area contributed by atoms with Crippen LogP contribution >= 0.6 is 0 Å². The zero-order valence-electron chi connectivity index (χ0n) is 14.7. The van der Waals surface area contributed by atoms with Crippen LogP contribution in [0, 0.1) is 0 Å². The van der Waals surface area contributed by atoms with Crippen molar-refractivity contribution in [1.29, 1.82) is 0 Å². The summed E-state index contributed by atoms with van der Waals surface area (Å²) in [6.07, 6.45) is 3.85. The van der Waals surface area contributed by atoms with Crippen molar-refractivity contribution < 1.29 is 19.1 Å². The lowest BCUT2D eigenvalue weighted by Crippen LogP contribution is -2.33. The summed E-state index contributed by atoms with van der Waals surface area (Å²) in [6.45, 7) is 1.52. The predicted molar refractivity (Wildman–Crippen MR) is 94.6 cm³/mol. The molecule has 0 saturated heterocycles. The van der Waals surface area contributed by atoms with Crippen LogP contribution in [-0.2, 0) is 19.1 Å². The molecule has 6 heteroatoms. The summed E-state index contributed by atoms with van der Waals surface area (Å²) in [5, 5.41) is 6.01. The van der Waals surface area contributed by atoms with E-state index in [-0.39, 0.29) is 24.4 Å².